The van der Waals surface area contributed by atoms with Gasteiger partial charge in [0.2, 0.25) is 0 Å². The molecule has 0 atom stereocenters. The molecule has 0 aliphatic heterocycles. The summed E-state index contributed by atoms with van der Waals surface area (Å²) in [5.74, 6) is 0.749. The molecule has 0 radical (unpaired) electrons. The van der Waals surface area contributed by atoms with E-state index in [0.29, 0.717) is 10.9 Å². The van der Waals surface area contributed by atoms with E-state index in [4.69, 9.17) is 4.74 Å². The van der Waals surface area contributed by atoms with Crippen molar-refractivity contribution in [2.75, 3.05) is 12.9 Å². The molecule has 24 heavy (non-hydrogen) atoms. The number of hydrogen-bond donors (Lipinski definition) is 1. The van der Waals surface area contributed by atoms with Crippen molar-refractivity contribution in [2.24, 2.45) is 5.10 Å². The normalized spacial score (nSPS) is 11.2. The molecule has 0 unspecified atom stereocenters. The highest BCUT2D eigenvalue weighted by Crippen LogP contribution is 2.14. The summed E-state index contributed by atoms with van der Waals surface area (Å²) in [5, 5.41) is 4.72. The summed E-state index contributed by atoms with van der Waals surface area (Å²) >= 11 is 1.29. The molecule has 1 aromatic heterocycles. The zero-order valence-electron chi connectivity index (χ0n) is 14.2. The molecule has 0 aliphatic rings. The number of thioether (sulfide) groups is 1. The summed E-state index contributed by atoms with van der Waals surface area (Å²) in [6.45, 7) is 5.64. The fraction of sp³-hybridized carbons (Fsp3) is 0.294. The molecule has 2 rings (SSSR count). The van der Waals surface area contributed by atoms with Gasteiger partial charge < -0.3 is 4.74 Å². The van der Waals surface area contributed by atoms with Crippen LogP contribution in [0.15, 0.2) is 40.6 Å². The fourth-order valence-electron chi connectivity index (χ4n) is 1.98. The van der Waals surface area contributed by atoms with Gasteiger partial charge in [-0.25, -0.2) is 15.4 Å². The highest BCUT2D eigenvalue weighted by atomic mass is 32.2. The Kier molecular flexibility index (Phi) is 6.31. The highest BCUT2D eigenvalue weighted by molar-refractivity contribution is 7.99. The van der Waals surface area contributed by atoms with E-state index in [0.717, 1.165) is 22.7 Å². The standard InChI is InChI=1S/C17H20N4O2S/c1-11-8-12(2)19-17(18-11)24-10-16(22)21-20-13(3)14-6-5-7-15(9-14)23-4/h5-9H,10H2,1-4H3,(H,21,22). The summed E-state index contributed by atoms with van der Waals surface area (Å²) < 4.78 is 5.18. The third-order valence-corrected chi connectivity index (χ3v) is 3.98. The van der Waals surface area contributed by atoms with Crippen LogP contribution in [0.25, 0.3) is 0 Å². The Morgan fingerprint density at radius 2 is 1.96 bits per heavy atom. The topological polar surface area (TPSA) is 76.5 Å². The van der Waals surface area contributed by atoms with Crippen LogP contribution >= 0.6 is 11.8 Å². The lowest BCUT2D eigenvalue weighted by Crippen LogP contribution is -2.21. The molecule has 7 heteroatoms. The van der Waals surface area contributed by atoms with Gasteiger partial charge in [0.15, 0.2) is 5.16 Å². The maximum atomic E-state index is 11.9. The van der Waals surface area contributed by atoms with Gasteiger partial charge in [0, 0.05) is 17.0 Å². The molecule has 1 N–H and O–H groups in total. The zero-order chi connectivity index (χ0) is 17.5. The van der Waals surface area contributed by atoms with E-state index < -0.39 is 0 Å². The maximum absolute atomic E-state index is 11.9. The minimum Gasteiger partial charge on any atom is -0.497 e. The highest BCUT2D eigenvalue weighted by Gasteiger charge is 2.06. The molecule has 126 valence electrons. The van der Waals surface area contributed by atoms with Gasteiger partial charge in [0.05, 0.1) is 18.6 Å². The van der Waals surface area contributed by atoms with Crippen LogP contribution < -0.4 is 10.2 Å². The molecule has 1 aromatic carbocycles. The molecule has 1 amide bonds. The molecule has 0 spiro atoms. The number of carbonyl (C=O) groups excluding carboxylic acids is 1. The molecule has 0 fully saturated rings. The molecule has 0 bridgehead atoms. The van der Waals surface area contributed by atoms with E-state index in [1.54, 1.807) is 7.11 Å². The summed E-state index contributed by atoms with van der Waals surface area (Å²) in [5.41, 5.74) is 5.91. The number of rotatable bonds is 6. The average Bonchev–Trinajstić information content (AvgIpc) is 2.57. The lowest BCUT2D eigenvalue weighted by atomic mass is 10.1. The average molecular weight is 344 g/mol. The Hall–Kier alpha value is -2.41. The van der Waals surface area contributed by atoms with Crippen LogP contribution in [0.4, 0.5) is 0 Å². The van der Waals surface area contributed by atoms with E-state index in [1.807, 2.05) is 51.1 Å². The summed E-state index contributed by atoms with van der Waals surface area (Å²) in [4.78, 5) is 20.5. The first kappa shape index (κ1) is 17.9. The quantitative estimate of drug-likeness (QED) is 0.377. The van der Waals surface area contributed by atoms with Crippen molar-refractivity contribution in [3.05, 3.63) is 47.3 Å². The third kappa shape index (κ3) is 5.34. The van der Waals surface area contributed by atoms with Gasteiger partial charge in [-0.15, -0.1) is 0 Å². The zero-order valence-corrected chi connectivity index (χ0v) is 15.0. The molecule has 0 aliphatic carbocycles. The number of hydrogen-bond acceptors (Lipinski definition) is 6. The number of aromatic nitrogens is 2. The Morgan fingerprint density at radius 1 is 1.25 bits per heavy atom. The minimum atomic E-state index is -0.204. The maximum Gasteiger partial charge on any atom is 0.250 e. The second-order valence-electron chi connectivity index (χ2n) is 5.19. The van der Waals surface area contributed by atoms with Crippen molar-refractivity contribution in [1.29, 1.82) is 0 Å². The fourth-order valence-corrected chi connectivity index (χ4v) is 2.72. The Morgan fingerprint density at radius 3 is 2.62 bits per heavy atom. The van der Waals surface area contributed by atoms with E-state index in [9.17, 15) is 4.79 Å². The van der Waals surface area contributed by atoms with E-state index >= 15 is 0 Å². The summed E-state index contributed by atoms with van der Waals surface area (Å²) in [7, 11) is 1.61. The smallest absolute Gasteiger partial charge is 0.250 e. The van der Waals surface area contributed by atoms with Crippen molar-refractivity contribution in [3.8, 4) is 5.75 Å². The van der Waals surface area contributed by atoms with Gasteiger partial charge in [0.1, 0.15) is 5.75 Å². The van der Waals surface area contributed by atoms with Crippen LogP contribution in [0.2, 0.25) is 0 Å². The van der Waals surface area contributed by atoms with Crippen molar-refractivity contribution in [2.45, 2.75) is 25.9 Å². The van der Waals surface area contributed by atoms with Gasteiger partial charge >= 0.3 is 0 Å². The van der Waals surface area contributed by atoms with Gasteiger partial charge in [-0.05, 0) is 39.0 Å². The molecular formula is C17H20N4O2S. The number of carbonyl (C=O) groups is 1. The Balaban J connectivity index is 1.91. The van der Waals surface area contributed by atoms with E-state index in [2.05, 4.69) is 20.5 Å². The first-order chi connectivity index (χ1) is 11.5. The first-order valence-corrected chi connectivity index (χ1v) is 8.39. The largest absolute Gasteiger partial charge is 0.497 e. The van der Waals surface area contributed by atoms with Crippen molar-refractivity contribution in [1.82, 2.24) is 15.4 Å². The van der Waals surface area contributed by atoms with E-state index in [1.165, 1.54) is 11.8 Å². The Labute approximate surface area is 145 Å². The number of ether oxygens (including phenoxy) is 1. The van der Waals surface area contributed by atoms with Crippen LogP contribution in [-0.4, -0.2) is 34.4 Å². The van der Waals surface area contributed by atoms with Gasteiger partial charge in [0.25, 0.3) is 5.91 Å². The number of benzene rings is 1. The number of methoxy groups -OCH3 is 1. The van der Waals surface area contributed by atoms with Gasteiger partial charge in [-0.1, -0.05) is 23.9 Å². The van der Waals surface area contributed by atoms with Gasteiger partial charge in [-0.2, -0.15) is 5.10 Å². The predicted octanol–water partition coefficient (Wildman–Crippen LogP) is 2.73. The SMILES string of the molecule is COc1cccc(C(C)=NNC(=O)CSc2nc(C)cc(C)n2)c1. The van der Waals surface area contributed by atoms with Crippen LogP contribution in [-0.2, 0) is 4.79 Å². The van der Waals surface area contributed by atoms with E-state index in [-0.39, 0.29) is 11.7 Å². The number of nitrogens with one attached hydrogen (secondary N) is 1. The third-order valence-electron chi connectivity index (χ3n) is 3.13. The van der Waals surface area contributed by atoms with Crippen molar-refractivity contribution < 1.29 is 9.53 Å². The monoisotopic (exact) mass is 344 g/mol. The second-order valence-corrected chi connectivity index (χ2v) is 6.13. The predicted molar refractivity (Wildman–Crippen MR) is 95.6 cm³/mol. The number of amides is 1. The van der Waals surface area contributed by atoms with Crippen molar-refractivity contribution in [3.63, 3.8) is 0 Å². The number of nitrogens with zero attached hydrogens (tertiary/aromatic N) is 3. The lowest BCUT2D eigenvalue weighted by Gasteiger charge is -2.05. The number of hydrazone groups is 1. The van der Waals surface area contributed by atoms with Crippen LogP contribution in [0.3, 0.4) is 0 Å². The Bertz CT molecular complexity index is 742. The molecular weight excluding hydrogens is 324 g/mol. The molecule has 2 aromatic rings. The van der Waals surface area contributed by atoms with Crippen LogP contribution in [0, 0.1) is 13.8 Å². The number of aryl methyl sites for hydroxylation is 2. The summed E-state index contributed by atoms with van der Waals surface area (Å²) in [6.07, 6.45) is 0. The minimum absolute atomic E-state index is 0.204. The molecule has 0 saturated carbocycles. The van der Waals surface area contributed by atoms with Crippen molar-refractivity contribution >= 4 is 23.4 Å². The van der Waals surface area contributed by atoms with Gasteiger partial charge in [-0.3, -0.25) is 4.79 Å². The molecule has 1 heterocycles. The van der Waals surface area contributed by atoms with Crippen LogP contribution in [0.5, 0.6) is 5.75 Å². The summed E-state index contributed by atoms with van der Waals surface area (Å²) in [6, 6.07) is 9.40. The lowest BCUT2D eigenvalue weighted by molar-refractivity contribution is -0.118. The first-order valence-electron chi connectivity index (χ1n) is 7.40. The second kappa shape index (κ2) is 8.44. The molecule has 0 saturated heterocycles. The molecule has 6 nitrogen and oxygen atoms in total. The van der Waals surface area contributed by atoms with Crippen LogP contribution in [0.1, 0.15) is 23.9 Å².